The van der Waals surface area contributed by atoms with E-state index in [1.807, 2.05) is 75.4 Å². The molecule has 0 aromatic heterocycles. The second-order valence-electron chi connectivity index (χ2n) is 11.8. The number of halogens is 2. The summed E-state index contributed by atoms with van der Waals surface area (Å²) in [5.41, 5.74) is 1.29. The van der Waals surface area contributed by atoms with Crippen LogP contribution in [0.15, 0.2) is 112 Å². The molecule has 46 heavy (non-hydrogen) atoms. The van der Waals surface area contributed by atoms with E-state index in [2.05, 4.69) is 21.2 Å². The average molecular weight is 727 g/mol. The minimum Gasteiger partial charge on any atom is -0.497 e. The molecule has 0 heterocycles. The maximum Gasteiger partial charge on any atom is 0.264 e. The van der Waals surface area contributed by atoms with Crippen LogP contribution in [0.2, 0.25) is 5.02 Å². The van der Waals surface area contributed by atoms with Gasteiger partial charge in [0.2, 0.25) is 11.8 Å². The first-order valence-electron chi connectivity index (χ1n) is 14.6. The van der Waals surface area contributed by atoms with Crippen LogP contribution in [-0.2, 0) is 32.6 Å². The summed E-state index contributed by atoms with van der Waals surface area (Å²) in [4.78, 5) is 29.9. The summed E-state index contributed by atoms with van der Waals surface area (Å²) in [6, 6.07) is 28.1. The van der Waals surface area contributed by atoms with Crippen LogP contribution in [-0.4, -0.2) is 50.4 Å². The second-order valence-corrected chi connectivity index (χ2v) is 15.0. The summed E-state index contributed by atoms with van der Waals surface area (Å²) < 4.78 is 35.4. The molecule has 0 saturated carbocycles. The molecule has 0 aliphatic carbocycles. The van der Waals surface area contributed by atoms with Crippen LogP contribution in [0.3, 0.4) is 0 Å². The number of hydrogen-bond donors (Lipinski definition) is 1. The van der Waals surface area contributed by atoms with Crippen LogP contribution in [0, 0.1) is 0 Å². The number of nitrogens with one attached hydrogen (secondary N) is 1. The number of carbonyl (C=O) groups is 2. The predicted octanol–water partition coefficient (Wildman–Crippen LogP) is 6.86. The number of ether oxygens (including phenoxy) is 1. The molecule has 242 valence electrons. The Morgan fingerprint density at radius 3 is 2.04 bits per heavy atom. The van der Waals surface area contributed by atoms with Crippen molar-refractivity contribution in [1.82, 2.24) is 10.2 Å². The van der Waals surface area contributed by atoms with Gasteiger partial charge >= 0.3 is 0 Å². The maximum atomic E-state index is 14.5. The number of carbonyl (C=O) groups excluding carboxylic acids is 2. The standard InChI is InChI=1S/C35H37BrClN3O5S/c1-35(2,3)38-34(42)32(22-25-8-6-5-7-9-25)39(23-26-10-12-27(36)13-11-26)33(41)24-40(29-16-14-28(37)15-17-29)46(43,44)31-20-18-30(45-4)19-21-31/h5-21,32H,22-24H2,1-4H3,(H,38,42)/t32-/m0/s1. The molecule has 8 nitrogen and oxygen atoms in total. The first-order chi connectivity index (χ1) is 21.8. The zero-order chi connectivity index (χ0) is 33.5. The Morgan fingerprint density at radius 1 is 0.870 bits per heavy atom. The van der Waals surface area contributed by atoms with Crippen LogP contribution >= 0.6 is 27.5 Å². The Bertz CT molecular complexity index is 1730. The topological polar surface area (TPSA) is 96.0 Å². The van der Waals surface area contributed by atoms with Crippen LogP contribution in [0.5, 0.6) is 5.75 Å². The maximum absolute atomic E-state index is 14.5. The third-order valence-electron chi connectivity index (χ3n) is 7.08. The summed E-state index contributed by atoms with van der Waals surface area (Å²) in [5.74, 6) is -0.417. The lowest BCUT2D eigenvalue weighted by Gasteiger charge is -2.35. The SMILES string of the molecule is COc1ccc(S(=O)(=O)N(CC(=O)N(Cc2ccc(Br)cc2)[C@@H](Cc2ccccc2)C(=O)NC(C)(C)C)c2ccc(Cl)cc2)cc1. The minimum atomic E-state index is -4.25. The van der Waals surface area contributed by atoms with Gasteiger partial charge in [0.05, 0.1) is 17.7 Å². The van der Waals surface area contributed by atoms with E-state index in [1.54, 1.807) is 36.4 Å². The number of amides is 2. The minimum absolute atomic E-state index is 0.0261. The van der Waals surface area contributed by atoms with Crippen molar-refractivity contribution < 1.29 is 22.7 Å². The molecule has 0 aliphatic rings. The van der Waals surface area contributed by atoms with Crippen LogP contribution in [0.25, 0.3) is 0 Å². The summed E-state index contributed by atoms with van der Waals surface area (Å²) in [7, 11) is -2.76. The normalized spacial score (nSPS) is 12.2. The smallest absolute Gasteiger partial charge is 0.264 e. The fraction of sp³-hybridized carbons (Fsp3) is 0.257. The lowest BCUT2D eigenvalue weighted by Crippen LogP contribution is -2.56. The molecule has 4 rings (SSSR count). The first-order valence-corrected chi connectivity index (χ1v) is 17.2. The highest BCUT2D eigenvalue weighted by molar-refractivity contribution is 9.10. The van der Waals surface area contributed by atoms with Gasteiger partial charge < -0.3 is 15.0 Å². The molecule has 4 aromatic carbocycles. The van der Waals surface area contributed by atoms with Crippen molar-refractivity contribution in [2.24, 2.45) is 0 Å². The monoisotopic (exact) mass is 725 g/mol. The molecule has 0 saturated heterocycles. The largest absolute Gasteiger partial charge is 0.497 e. The molecule has 0 fully saturated rings. The number of benzene rings is 4. The van der Waals surface area contributed by atoms with E-state index in [0.29, 0.717) is 10.8 Å². The molecular formula is C35H37BrClN3O5S. The van der Waals surface area contributed by atoms with Crippen molar-refractivity contribution in [2.75, 3.05) is 18.0 Å². The van der Waals surface area contributed by atoms with Gasteiger partial charge in [-0.3, -0.25) is 13.9 Å². The van der Waals surface area contributed by atoms with Crippen molar-refractivity contribution >= 4 is 55.1 Å². The molecule has 4 aromatic rings. The molecular weight excluding hydrogens is 690 g/mol. The molecule has 11 heteroatoms. The summed E-state index contributed by atoms with van der Waals surface area (Å²) >= 11 is 9.59. The van der Waals surface area contributed by atoms with Crippen molar-refractivity contribution in [3.63, 3.8) is 0 Å². The van der Waals surface area contributed by atoms with Gasteiger partial charge in [-0.2, -0.15) is 0 Å². The van der Waals surface area contributed by atoms with Gasteiger partial charge in [-0.15, -0.1) is 0 Å². The summed E-state index contributed by atoms with van der Waals surface area (Å²) in [6.07, 6.45) is 0.219. The number of sulfonamides is 1. The molecule has 1 N–H and O–H groups in total. The molecule has 0 aliphatic heterocycles. The lowest BCUT2D eigenvalue weighted by atomic mass is 10.0. The van der Waals surface area contributed by atoms with Crippen molar-refractivity contribution in [2.45, 2.75) is 50.2 Å². The van der Waals surface area contributed by atoms with E-state index >= 15 is 0 Å². The molecule has 0 radical (unpaired) electrons. The van der Waals surface area contributed by atoms with Crippen LogP contribution in [0.4, 0.5) is 5.69 Å². The molecule has 1 atom stereocenters. The quantitative estimate of drug-likeness (QED) is 0.172. The Balaban J connectivity index is 1.81. The molecule has 0 bridgehead atoms. The van der Waals surface area contributed by atoms with Gasteiger partial charge in [0, 0.05) is 28.0 Å². The fourth-order valence-electron chi connectivity index (χ4n) is 4.80. The highest BCUT2D eigenvalue weighted by atomic mass is 79.9. The second kappa shape index (κ2) is 15.2. The van der Waals surface area contributed by atoms with Gasteiger partial charge in [0.25, 0.3) is 10.0 Å². The number of rotatable bonds is 12. The number of hydrogen-bond acceptors (Lipinski definition) is 5. The summed E-state index contributed by atoms with van der Waals surface area (Å²) in [6.45, 7) is 5.11. The van der Waals surface area contributed by atoms with E-state index in [0.717, 1.165) is 19.9 Å². The molecule has 0 spiro atoms. The number of nitrogens with zero attached hydrogens (tertiary/aromatic N) is 2. The van der Waals surface area contributed by atoms with E-state index in [-0.39, 0.29) is 29.5 Å². The zero-order valence-corrected chi connectivity index (χ0v) is 29.3. The van der Waals surface area contributed by atoms with Crippen LogP contribution < -0.4 is 14.4 Å². The summed E-state index contributed by atoms with van der Waals surface area (Å²) in [5, 5.41) is 3.44. The highest BCUT2D eigenvalue weighted by Gasteiger charge is 2.35. The van der Waals surface area contributed by atoms with Crippen molar-refractivity contribution in [3.05, 3.63) is 124 Å². The van der Waals surface area contributed by atoms with Crippen molar-refractivity contribution in [1.29, 1.82) is 0 Å². The van der Waals surface area contributed by atoms with Gasteiger partial charge in [0.1, 0.15) is 18.3 Å². The van der Waals surface area contributed by atoms with Gasteiger partial charge in [-0.25, -0.2) is 8.42 Å². The van der Waals surface area contributed by atoms with E-state index < -0.39 is 34.1 Å². The third-order valence-corrected chi connectivity index (χ3v) is 9.65. The van der Waals surface area contributed by atoms with Gasteiger partial charge in [-0.05, 0) is 92.6 Å². The number of methoxy groups -OCH3 is 1. The Labute approximate surface area is 284 Å². The Hall–Kier alpha value is -3.86. The third kappa shape index (κ3) is 9.34. The van der Waals surface area contributed by atoms with E-state index in [9.17, 15) is 18.0 Å². The number of anilines is 1. The van der Waals surface area contributed by atoms with E-state index in [4.69, 9.17) is 16.3 Å². The molecule has 2 amide bonds. The van der Waals surface area contributed by atoms with Gasteiger partial charge in [0.15, 0.2) is 0 Å². The first kappa shape index (κ1) is 35.0. The highest BCUT2D eigenvalue weighted by Crippen LogP contribution is 2.28. The van der Waals surface area contributed by atoms with Crippen molar-refractivity contribution in [3.8, 4) is 5.75 Å². The predicted molar refractivity (Wildman–Crippen MR) is 185 cm³/mol. The molecule has 0 unspecified atom stereocenters. The zero-order valence-electron chi connectivity index (χ0n) is 26.1. The van der Waals surface area contributed by atoms with Gasteiger partial charge in [-0.1, -0.05) is 70.0 Å². The average Bonchev–Trinajstić information content (AvgIpc) is 3.02. The Morgan fingerprint density at radius 2 is 1.48 bits per heavy atom. The fourth-order valence-corrected chi connectivity index (χ4v) is 6.61. The van der Waals surface area contributed by atoms with E-state index in [1.165, 1.54) is 24.1 Å². The lowest BCUT2D eigenvalue weighted by molar-refractivity contribution is -0.140. The van der Waals surface area contributed by atoms with Crippen LogP contribution in [0.1, 0.15) is 31.9 Å². The Kier molecular flexibility index (Phi) is 11.5.